The standard InChI is InChI=1S/C19H30N2O4/c1-13-9-10-16(24-6)15(12-13)14(2)21-17(22)8-7-11-20-18(23)25-19(3,4)5/h9-10,12,14H,7-8,11H2,1-6H3,(H,20,23)(H,21,22)/t14-/m0/s1. The predicted molar refractivity (Wildman–Crippen MR) is 97.8 cm³/mol. The molecular weight excluding hydrogens is 320 g/mol. The summed E-state index contributed by atoms with van der Waals surface area (Å²) in [6.07, 6.45) is 0.405. The number of carbonyl (C=O) groups is 2. The van der Waals surface area contributed by atoms with Crippen molar-refractivity contribution in [2.75, 3.05) is 13.7 Å². The van der Waals surface area contributed by atoms with Crippen LogP contribution in [0.3, 0.4) is 0 Å². The van der Waals surface area contributed by atoms with Crippen LogP contribution in [0, 0.1) is 6.92 Å². The Morgan fingerprint density at radius 2 is 1.92 bits per heavy atom. The number of alkyl carbamates (subject to hydrolysis) is 1. The Labute approximate surface area is 150 Å². The SMILES string of the molecule is COc1ccc(C)cc1[C@H](C)NC(=O)CCCNC(=O)OC(C)(C)C. The topological polar surface area (TPSA) is 76.7 Å². The Morgan fingerprint density at radius 1 is 1.24 bits per heavy atom. The molecule has 2 N–H and O–H groups in total. The summed E-state index contributed by atoms with van der Waals surface area (Å²) in [5, 5.41) is 5.61. The van der Waals surface area contributed by atoms with Crippen molar-refractivity contribution in [1.82, 2.24) is 10.6 Å². The van der Waals surface area contributed by atoms with Crippen LogP contribution >= 0.6 is 0 Å². The van der Waals surface area contributed by atoms with E-state index in [1.807, 2.05) is 32.0 Å². The smallest absolute Gasteiger partial charge is 0.407 e. The van der Waals surface area contributed by atoms with Crippen LogP contribution in [-0.2, 0) is 9.53 Å². The monoisotopic (exact) mass is 350 g/mol. The molecule has 0 saturated carbocycles. The minimum atomic E-state index is -0.524. The highest BCUT2D eigenvalue weighted by molar-refractivity contribution is 5.76. The van der Waals surface area contributed by atoms with Crippen molar-refractivity contribution in [3.05, 3.63) is 29.3 Å². The second-order valence-electron chi connectivity index (χ2n) is 7.07. The van der Waals surface area contributed by atoms with E-state index < -0.39 is 11.7 Å². The van der Waals surface area contributed by atoms with Crippen LogP contribution in [0.5, 0.6) is 5.75 Å². The highest BCUT2D eigenvalue weighted by Crippen LogP contribution is 2.26. The quantitative estimate of drug-likeness (QED) is 0.738. The number of ether oxygens (including phenoxy) is 2. The first-order chi connectivity index (χ1) is 11.6. The average molecular weight is 350 g/mol. The summed E-state index contributed by atoms with van der Waals surface area (Å²) in [5.74, 6) is 0.687. The number of hydrogen-bond acceptors (Lipinski definition) is 4. The Kier molecular flexibility index (Phi) is 7.74. The van der Waals surface area contributed by atoms with Gasteiger partial charge in [-0.15, -0.1) is 0 Å². The molecule has 0 unspecified atom stereocenters. The van der Waals surface area contributed by atoms with Crippen molar-refractivity contribution in [3.63, 3.8) is 0 Å². The van der Waals surface area contributed by atoms with Crippen molar-refractivity contribution in [1.29, 1.82) is 0 Å². The van der Waals surface area contributed by atoms with Crippen molar-refractivity contribution < 1.29 is 19.1 Å². The molecule has 0 aliphatic rings. The molecule has 0 bridgehead atoms. The van der Waals surface area contributed by atoms with Gasteiger partial charge in [0.25, 0.3) is 0 Å². The van der Waals surface area contributed by atoms with Gasteiger partial charge >= 0.3 is 6.09 Å². The number of aryl methyl sites for hydroxylation is 1. The zero-order valence-electron chi connectivity index (χ0n) is 16.1. The van der Waals surface area contributed by atoms with Crippen molar-refractivity contribution in [2.45, 2.75) is 59.1 Å². The lowest BCUT2D eigenvalue weighted by atomic mass is 10.0. The van der Waals surface area contributed by atoms with Gasteiger partial charge in [-0.05, 0) is 47.1 Å². The van der Waals surface area contributed by atoms with Crippen LogP contribution in [0.25, 0.3) is 0 Å². The van der Waals surface area contributed by atoms with E-state index in [0.29, 0.717) is 19.4 Å². The molecule has 0 heterocycles. The van der Waals surface area contributed by atoms with Crippen LogP contribution in [0.15, 0.2) is 18.2 Å². The van der Waals surface area contributed by atoms with E-state index in [1.54, 1.807) is 27.9 Å². The van der Waals surface area contributed by atoms with Gasteiger partial charge in [-0.1, -0.05) is 17.7 Å². The third kappa shape index (κ3) is 7.92. The van der Waals surface area contributed by atoms with E-state index >= 15 is 0 Å². The van der Waals surface area contributed by atoms with Gasteiger partial charge in [0.1, 0.15) is 11.4 Å². The first kappa shape index (κ1) is 20.8. The number of methoxy groups -OCH3 is 1. The Balaban J connectivity index is 2.40. The number of hydrogen-bond donors (Lipinski definition) is 2. The molecule has 0 fully saturated rings. The van der Waals surface area contributed by atoms with Crippen molar-refractivity contribution >= 4 is 12.0 Å². The van der Waals surface area contributed by atoms with Crippen molar-refractivity contribution in [3.8, 4) is 5.75 Å². The lowest BCUT2D eigenvalue weighted by molar-refractivity contribution is -0.121. The summed E-state index contributed by atoms with van der Waals surface area (Å²) < 4.78 is 10.5. The molecule has 0 spiro atoms. The van der Waals surface area contributed by atoms with Gasteiger partial charge in [-0.3, -0.25) is 4.79 Å². The van der Waals surface area contributed by atoms with E-state index in [4.69, 9.17) is 9.47 Å². The van der Waals surface area contributed by atoms with Gasteiger partial charge < -0.3 is 20.1 Å². The summed E-state index contributed by atoms with van der Waals surface area (Å²) >= 11 is 0. The van der Waals surface area contributed by atoms with Gasteiger partial charge in [-0.2, -0.15) is 0 Å². The molecule has 25 heavy (non-hydrogen) atoms. The second kappa shape index (κ2) is 9.30. The fourth-order valence-electron chi connectivity index (χ4n) is 2.34. The van der Waals surface area contributed by atoms with Gasteiger partial charge in [0.2, 0.25) is 5.91 Å². The van der Waals surface area contributed by atoms with Crippen LogP contribution < -0.4 is 15.4 Å². The molecule has 1 aromatic rings. The molecule has 1 rings (SSSR count). The third-order valence-corrected chi connectivity index (χ3v) is 3.48. The maximum absolute atomic E-state index is 12.1. The van der Waals surface area contributed by atoms with E-state index in [1.165, 1.54) is 0 Å². The molecule has 6 heteroatoms. The van der Waals surface area contributed by atoms with Gasteiger partial charge in [0, 0.05) is 18.5 Å². The van der Waals surface area contributed by atoms with E-state index in [0.717, 1.165) is 16.9 Å². The molecule has 1 atom stereocenters. The minimum Gasteiger partial charge on any atom is -0.496 e. The Bertz CT molecular complexity index is 594. The molecule has 2 amide bonds. The highest BCUT2D eigenvalue weighted by atomic mass is 16.6. The first-order valence-electron chi connectivity index (χ1n) is 8.53. The van der Waals surface area contributed by atoms with E-state index in [-0.39, 0.29) is 11.9 Å². The van der Waals surface area contributed by atoms with E-state index in [9.17, 15) is 9.59 Å². The van der Waals surface area contributed by atoms with Gasteiger partial charge in [0.15, 0.2) is 0 Å². The fraction of sp³-hybridized carbons (Fsp3) is 0.579. The number of nitrogens with one attached hydrogen (secondary N) is 2. The normalized spacial score (nSPS) is 12.2. The summed E-state index contributed by atoms with van der Waals surface area (Å²) in [6.45, 7) is 9.74. The number of rotatable bonds is 7. The van der Waals surface area contributed by atoms with Crippen LogP contribution in [0.2, 0.25) is 0 Å². The van der Waals surface area contributed by atoms with Gasteiger partial charge in [-0.25, -0.2) is 4.79 Å². The third-order valence-electron chi connectivity index (χ3n) is 3.48. The average Bonchev–Trinajstić information content (AvgIpc) is 2.49. The fourth-order valence-corrected chi connectivity index (χ4v) is 2.34. The lowest BCUT2D eigenvalue weighted by Gasteiger charge is -2.20. The maximum Gasteiger partial charge on any atom is 0.407 e. The highest BCUT2D eigenvalue weighted by Gasteiger charge is 2.16. The van der Waals surface area contributed by atoms with Crippen molar-refractivity contribution in [2.24, 2.45) is 0 Å². The number of carbonyl (C=O) groups excluding carboxylic acids is 2. The zero-order valence-corrected chi connectivity index (χ0v) is 16.1. The molecule has 0 aliphatic carbocycles. The molecule has 140 valence electrons. The summed E-state index contributed by atoms with van der Waals surface area (Å²) in [4.78, 5) is 23.6. The van der Waals surface area contributed by atoms with Crippen LogP contribution in [-0.4, -0.2) is 31.3 Å². The predicted octanol–water partition coefficient (Wildman–Crippen LogP) is 3.49. The molecule has 1 aromatic carbocycles. The molecule has 6 nitrogen and oxygen atoms in total. The molecule has 0 aromatic heterocycles. The number of amides is 2. The molecule has 0 saturated heterocycles. The largest absolute Gasteiger partial charge is 0.496 e. The summed E-state index contributed by atoms with van der Waals surface area (Å²) in [6, 6.07) is 5.73. The molecule has 0 aliphatic heterocycles. The Morgan fingerprint density at radius 3 is 2.52 bits per heavy atom. The summed E-state index contributed by atoms with van der Waals surface area (Å²) in [7, 11) is 1.62. The minimum absolute atomic E-state index is 0.0675. The summed E-state index contributed by atoms with van der Waals surface area (Å²) in [5.41, 5.74) is 1.53. The maximum atomic E-state index is 12.1. The second-order valence-corrected chi connectivity index (χ2v) is 7.07. The Hall–Kier alpha value is -2.24. The molecular formula is C19H30N2O4. The van der Waals surface area contributed by atoms with Crippen LogP contribution in [0.4, 0.5) is 4.79 Å². The van der Waals surface area contributed by atoms with Gasteiger partial charge in [0.05, 0.1) is 13.2 Å². The lowest BCUT2D eigenvalue weighted by Crippen LogP contribution is -2.33. The molecule has 0 radical (unpaired) electrons. The van der Waals surface area contributed by atoms with Crippen LogP contribution in [0.1, 0.15) is 57.7 Å². The van der Waals surface area contributed by atoms with E-state index in [2.05, 4.69) is 10.6 Å². The first-order valence-corrected chi connectivity index (χ1v) is 8.53. The number of benzene rings is 1. The zero-order chi connectivity index (χ0) is 19.0.